The zero-order valence-corrected chi connectivity index (χ0v) is 10.6. The Labute approximate surface area is 106 Å². The number of carbonyl (C=O) groups is 1. The summed E-state index contributed by atoms with van der Waals surface area (Å²) >= 11 is 3.20. The second-order valence-corrected chi connectivity index (χ2v) is 4.20. The molecule has 0 heterocycles. The summed E-state index contributed by atoms with van der Waals surface area (Å²) in [7, 11) is 0. The number of nitro groups is 1. The maximum absolute atomic E-state index is 11.4. The number of halogens is 1. The molecule has 0 aromatic heterocycles. The van der Waals surface area contributed by atoms with Gasteiger partial charge in [0.15, 0.2) is 0 Å². The molecule has 0 aliphatic rings. The number of nitro benzene ring substituents is 1. The van der Waals surface area contributed by atoms with Crippen molar-refractivity contribution in [2.75, 3.05) is 13.1 Å². The fraction of sp³-hybridized carbons (Fsp3) is 0.300. The van der Waals surface area contributed by atoms with E-state index in [1.165, 1.54) is 12.1 Å². The Balaban J connectivity index is 2.72. The van der Waals surface area contributed by atoms with Gasteiger partial charge in [-0.2, -0.15) is 0 Å². The highest BCUT2D eigenvalue weighted by Crippen LogP contribution is 2.23. The van der Waals surface area contributed by atoms with Crippen molar-refractivity contribution in [3.8, 4) is 0 Å². The summed E-state index contributed by atoms with van der Waals surface area (Å²) < 4.78 is 0.551. The van der Waals surface area contributed by atoms with Crippen LogP contribution in [0.4, 0.5) is 5.69 Å². The van der Waals surface area contributed by atoms with Crippen molar-refractivity contribution in [1.29, 1.82) is 0 Å². The van der Waals surface area contributed by atoms with E-state index in [9.17, 15) is 14.9 Å². The van der Waals surface area contributed by atoms with E-state index in [1.807, 2.05) is 0 Å². The minimum absolute atomic E-state index is 0.0111. The topological polar surface area (TPSA) is 98.3 Å². The molecule has 92 valence electrons. The van der Waals surface area contributed by atoms with E-state index < -0.39 is 4.92 Å². The summed E-state index contributed by atoms with van der Waals surface area (Å²) in [4.78, 5) is 21.5. The van der Waals surface area contributed by atoms with E-state index in [-0.39, 0.29) is 18.0 Å². The van der Waals surface area contributed by atoms with E-state index in [2.05, 4.69) is 21.2 Å². The van der Waals surface area contributed by atoms with Crippen LogP contribution >= 0.6 is 15.9 Å². The molecule has 1 aromatic carbocycles. The number of benzene rings is 1. The lowest BCUT2D eigenvalue weighted by atomic mass is 10.1. The molecule has 1 aromatic rings. The lowest BCUT2D eigenvalue weighted by molar-refractivity contribution is -0.384. The van der Waals surface area contributed by atoms with Crippen LogP contribution in [0.2, 0.25) is 0 Å². The molecule has 1 amide bonds. The molecular formula is C10H12BrN3O3. The Morgan fingerprint density at radius 3 is 2.76 bits per heavy atom. The Morgan fingerprint density at radius 2 is 2.24 bits per heavy atom. The molecular weight excluding hydrogens is 290 g/mol. The van der Waals surface area contributed by atoms with Gasteiger partial charge in [0.1, 0.15) is 0 Å². The van der Waals surface area contributed by atoms with Gasteiger partial charge in [-0.3, -0.25) is 14.9 Å². The predicted molar refractivity (Wildman–Crippen MR) is 66.6 cm³/mol. The van der Waals surface area contributed by atoms with Crippen molar-refractivity contribution >= 4 is 27.5 Å². The van der Waals surface area contributed by atoms with Gasteiger partial charge in [0.05, 0.1) is 11.3 Å². The van der Waals surface area contributed by atoms with Gasteiger partial charge in [-0.1, -0.05) is 22.0 Å². The summed E-state index contributed by atoms with van der Waals surface area (Å²) in [6.07, 6.45) is 0.165. The quantitative estimate of drug-likeness (QED) is 0.625. The standard InChI is InChI=1S/C10H12BrN3O3/c11-9-6-8(14(16)17)2-1-7(9)5-10(15)13-4-3-12/h1-2,6H,3-5,12H2,(H,13,15). The fourth-order valence-electron chi connectivity index (χ4n) is 1.24. The van der Waals surface area contributed by atoms with E-state index in [4.69, 9.17) is 5.73 Å². The Morgan fingerprint density at radius 1 is 1.53 bits per heavy atom. The van der Waals surface area contributed by atoms with Crippen molar-refractivity contribution < 1.29 is 9.72 Å². The number of nitrogens with two attached hydrogens (primary N) is 1. The van der Waals surface area contributed by atoms with Crippen LogP contribution in [0.25, 0.3) is 0 Å². The third kappa shape index (κ3) is 4.12. The van der Waals surface area contributed by atoms with Gasteiger partial charge >= 0.3 is 0 Å². The van der Waals surface area contributed by atoms with E-state index in [1.54, 1.807) is 6.07 Å². The minimum Gasteiger partial charge on any atom is -0.355 e. The molecule has 3 N–H and O–H groups in total. The summed E-state index contributed by atoms with van der Waals surface area (Å²) in [6.45, 7) is 0.802. The van der Waals surface area contributed by atoms with Crippen LogP contribution in [0.3, 0.4) is 0 Å². The predicted octanol–water partition coefficient (Wildman–Crippen LogP) is 0.975. The van der Waals surface area contributed by atoms with Gasteiger partial charge in [0, 0.05) is 29.7 Å². The van der Waals surface area contributed by atoms with Crippen molar-refractivity contribution in [2.45, 2.75) is 6.42 Å². The molecule has 0 saturated carbocycles. The molecule has 0 aliphatic carbocycles. The molecule has 0 fully saturated rings. The van der Waals surface area contributed by atoms with Crippen molar-refractivity contribution in [1.82, 2.24) is 5.32 Å². The van der Waals surface area contributed by atoms with Crippen molar-refractivity contribution in [2.24, 2.45) is 5.73 Å². The molecule has 0 atom stereocenters. The Kier molecular flexibility index (Phi) is 5.05. The first kappa shape index (κ1) is 13.6. The van der Waals surface area contributed by atoms with Crippen LogP contribution < -0.4 is 11.1 Å². The Bertz CT molecular complexity index is 437. The highest BCUT2D eigenvalue weighted by atomic mass is 79.9. The Hall–Kier alpha value is -1.47. The number of rotatable bonds is 5. The number of nitrogens with zero attached hydrogens (tertiary/aromatic N) is 1. The first-order chi connectivity index (χ1) is 8.04. The van der Waals surface area contributed by atoms with Crippen LogP contribution in [0.5, 0.6) is 0 Å². The SMILES string of the molecule is NCCNC(=O)Cc1ccc([N+](=O)[O-])cc1Br. The minimum atomic E-state index is -0.483. The molecule has 0 spiro atoms. The molecule has 1 rings (SSSR count). The second-order valence-electron chi connectivity index (χ2n) is 3.35. The van der Waals surface area contributed by atoms with Crippen LogP contribution in [0.1, 0.15) is 5.56 Å². The lowest BCUT2D eigenvalue weighted by Crippen LogP contribution is -2.30. The average molecular weight is 302 g/mol. The molecule has 17 heavy (non-hydrogen) atoms. The number of non-ortho nitro benzene ring substituents is 1. The molecule has 0 unspecified atom stereocenters. The van der Waals surface area contributed by atoms with Crippen LogP contribution in [-0.2, 0) is 11.2 Å². The third-order valence-corrected chi connectivity index (χ3v) is 2.80. The van der Waals surface area contributed by atoms with Gasteiger partial charge < -0.3 is 11.1 Å². The van der Waals surface area contributed by atoms with Gasteiger partial charge in [-0.25, -0.2) is 0 Å². The largest absolute Gasteiger partial charge is 0.355 e. The van der Waals surface area contributed by atoms with Gasteiger partial charge in [0.2, 0.25) is 5.91 Å². The maximum Gasteiger partial charge on any atom is 0.270 e. The van der Waals surface area contributed by atoms with Crippen LogP contribution in [0, 0.1) is 10.1 Å². The average Bonchev–Trinajstić information content (AvgIpc) is 2.28. The van der Waals surface area contributed by atoms with Gasteiger partial charge in [-0.05, 0) is 5.56 Å². The second kappa shape index (κ2) is 6.31. The normalized spacial score (nSPS) is 10.0. The summed E-state index contributed by atoms with van der Waals surface area (Å²) in [5.74, 6) is -0.162. The highest BCUT2D eigenvalue weighted by molar-refractivity contribution is 9.10. The molecule has 0 saturated heterocycles. The van der Waals surface area contributed by atoms with E-state index in [0.717, 1.165) is 0 Å². The van der Waals surface area contributed by atoms with Crippen molar-refractivity contribution in [3.05, 3.63) is 38.3 Å². The number of amides is 1. The van der Waals surface area contributed by atoms with Crippen molar-refractivity contribution in [3.63, 3.8) is 0 Å². The molecule has 6 nitrogen and oxygen atoms in total. The highest BCUT2D eigenvalue weighted by Gasteiger charge is 2.11. The number of carbonyl (C=O) groups excluding carboxylic acids is 1. The molecule has 7 heteroatoms. The number of nitrogens with one attached hydrogen (secondary N) is 1. The maximum atomic E-state index is 11.4. The molecule has 0 aliphatic heterocycles. The molecule has 0 bridgehead atoms. The van der Waals surface area contributed by atoms with Gasteiger partial charge in [-0.15, -0.1) is 0 Å². The zero-order valence-electron chi connectivity index (χ0n) is 8.98. The third-order valence-electron chi connectivity index (χ3n) is 2.06. The fourth-order valence-corrected chi connectivity index (χ4v) is 1.75. The van der Waals surface area contributed by atoms with Crippen LogP contribution in [-0.4, -0.2) is 23.9 Å². The summed E-state index contributed by atoms with van der Waals surface area (Å²) in [5, 5.41) is 13.1. The van der Waals surface area contributed by atoms with Gasteiger partial charge in [0.25, 0.3) is 5.69 Å². The van der Waals surface area contributed by atoms with Crippen LogP contribution in [0.15, 0.2) is 22.7 Å². The number of hydrogen-bond acceptors (Lipinski definition) is 4. The van der Waals surface area contributed by atoms with E-state index >= 15 is 0 Å². The smallest absolute Gasteiger partial charge is 0.270 e. The first-order valence-electron chi connectivity index (χ1n) is 4.94. The number of hydrogen-bond donors (Lipinski definition) is 2. The summed E-state index contributed by atoms with van der Waals surface area (Å²) in [6, 6.07) is 4.31. The molecule has 0 radical (unpaired) electrons. The lowest BCUT2D eigenvalue weighted by Gasteiger charge is -2.05. The summed E-state index contributed by atoms with van der Waals surface area (Å²) in [5.41, 5.74) is 5.94. The zero-order chi connectivity index (χ0) is 12.8. The van der Waals surface area contributed by atoms with E-state index in [0.29, 0.717) is 23.1 Å². The first-order valence-corrected chi connectivity index (χ1v) is 5.73. The monoisotopic (exact) mass is 301 g/mol.